The van der Waals surface area contributed by atoms with E-state index in [4.69, 9.17) is 4.42 Å². The number of carbonyl (C=O) groups is 1. The molecule has 3 aromatic rings. The zero-order valence-corrected chi connectivity index (χ0v) is 14.6. The number of aryl methyl sites for hydroxylation is 2. The first-order chi connectivity index (χ1) is 12.0. The third kappa shape index (κ3) is 2.91. The number of nitrogens with zero attached hydrogens (tertiary/aromatic N) is 4. The van der Waals surface area contributed by atoms with E-state index in [1.165, 1.54) is 0 Å². The Bertz CT molecular complexity index is 929. The topological polar surface area (TPSA) is 76.2 Å². The number of pyridine rings is 1. The molecule has 25 heavy (non-hydrogen) atoms. The lowest BCUT2D eigenvalue weighted by Crippen LogP contribution is -2.39. The van der Waals surface area contributed by atoms with Crippen molar-refractivity contribution in [3.63, 3.8) is 0 Å². The largest absolute Gasteiger partial charge is 0.449 e. The molecule has 7 heteroatoms. The Morgan fingerprint density at radius 3 is 2.92 bits per heavy atom. The van der Waals surface area contributed by atoms with Crippen LogP contribution in [0.3, 0.4) is 0 Å². The van der Waals surface area contributed by atoms with Crippen LogP contribution in [0.5, 0.6) is 0 Å². The van der Waals surface area contributed by atoms with Gasteiger partial charge in [0.25, 0.3) is 5.91 Å². The number of likely N-dealkylation sites (N-methyl/N-ethyl adjacent to an activating group) is 1. The van der Waals surface area contributed by atoms with E-state index in [9.17, 15) is 4.79 Å². The van der Waals surface area contributed by atoms with E-state index in [1.807, 2.05) is 36.9 Å². The van der Waals surface area contributed by atoms with Gasteiger partial charge in [0.2, 0.25) is 0 Å². The van der Waals surface area contributed by atoms with Crippen molar-refractivity contribution in [1.29, 1.82) is 0 Å². The van der Waals surface area contributed by atoms with Gasteiger partial charge >= 0.3 is 0 Å². The molecule has 1 saturated heterocycles. The number of carbonyl (C=O) groups excluding carboxylic acids is 1. The Balaban J connectivity index is 1.57. The summed E-state index contributed by atoms with van der Waals surface area (Å²) < 4.78 is 7.68. The van der Waals surface area contributed by atoms with E-state index in [2.05, 4.69) is 27.2 Å². The first-order valence-electron chi connectivity index (χ1n) is 8.34. The van der Waals surface area contributed by atoms with Crippen molar-refractivity contribution in [2.45, 2.75) is 18.9 Å². The predicted octanol–water partition coefficient (Wildman–Crippen LogP) is 1.70. The van der Waals surface area contributed by atoms with Gasteiger partial charge in [-0.2, -0.15) is 0 Å². The first-order valence-corrected chi connectivity index (χ1v) is 8.34. The molecule has 4 rings (SSSR count). The quantitative estimate of drug-likeness (QED) is 0.786. The number of imidazole rings is 1. The van der Waals surface area contributed by atoms with Crippen molar-refractivity contribution in [3.05, 3.63) is 47.9 Å². The average molecular weight is 339 g/mol. The van der Waals surface area contributed by atoms with Gasteiger partial charge in [-0.05, 0) is 26.1 Å². The third-order valence-electron chi connectivity index (χ3n) is 4.79. The van der Waals surface area contributed by atoms with E-state index in [1.54, 1.807) is 12.4 Å². The molecule has 3 aromatic heterocycles. The van der Waals surface area contributed by atoms with E-state index in [0.717, 1.165) is 24.5 Å². The summed E-state index contributed by atoms with van der Waals surface area (Å²) in [7, 11) is 4.04. The van der Waals surface area contributed by atoms with Crippen molar-refractivity contribution < 1.29 is 9.21 Å². The number of hydrogen-bond acceptors (Lipinski definition) is 5. The highest BCUT2D eigenvalue weighted by atomic mass is 16.3. The van der Waals surface area contributed by atoms with Crippen LogP contribution in [0.25, 0.3) is 11.1 Å². The molecule has 2 atom stereocenters. The molecular formula is C18H21N5O2. The minimum Gasteiger partial charge on any atom is -0.449 e. The van der Waals surface area contributed by atoms with Gasteiger partial charge in [-0.3, -0.25) is 4.79 Å². The Morgan fingerprint density at radius 2 is 2.16 bits per heavy atom. The molecule has 7 nitrogen and oxygen atoms in total. The molecule has 1 fully saturated rings. The zero-order valence-electron chi connectivity index (χ0n) is 14.6. The number of amides is 1. The lowest BCUT2D eigenvalue weighted by atomic mass is 10.00. The molecule has 1 amide bonds. The lowest BCUT2D eigenvalue weighted by molar-refractivity contribution is 0.0909. The Hall–Kier alpha value is -2.67. The molecule has 0 radical (unpaired) electrons. The number of fused-ring (bicyclic) bond motifs is 1. The SMILES string of the molecule is Cc1ccc2oc(C(=O)N[C@@H]3CN(C)C[C@H]3c3cncn3C)cc2n1. The molecule has 0 unspecified atom stereocenters. The number of aromatic nitrogens is 3. The van der Waals surface area contributed by atoms with Crippen LogP contribution >= 0.6 is 0 Å². The van der Waals surface area contributed by atoms with Crippen molar-refractivity contribution in [1.82, 2.24) is 24.8 Å². The van der Waals surface area contributed by atoms with Crippen molar-refractivity contribution in [3.8, 4) is 0 Å². The summed E-state index contributed by atoms with van der Waals surface area (Å²) in [6, 6.07) is 5.43. The van der Waals surface area contributed by atoms with Gasteiger partial charge in [-0.1, -0.05) is 0 Å². The molecule has 0 aliphatic carbocycles. The highest BCUT2D eigenvalue weighted by Gasteiger charge is 2.35. The van der Waals surface area contributed by atoms with Gasteiger partial charge in [-0.25, -0.2) is 9.97 Å². The Labute approximate surface area is 145 Å². The van der Waals surface area contributed by atoms with Crippen molar-refractivity contribution in [2.75, 3.05) is 20.1 Å². The normalized spacial score (nSPS) is 21.1. The molecule has 4 heterocycles. The molecular weight excluding hydrogens is 318 g/mol. The summed E-state index contributed by atoms with van der Waals surface area (Å²) in [6.45, 7) is 3.59. The zero-order chi connectivity index (χ0) is 17.6. The molecule has 1 aliphatic rings. The molecule has 1 N–H and O–H groups in total. The van der Waals surface area contributed by atoms with Crippen LogP contribution in [-0.4, -0.2) is 51.5 Å². The standard InChI is InChI=1S/C18H21N5O2/c1-11-4-5-16-13(20-11)6-17(25-16)18(24)21-14-9-22(2)8-12(14)15-7-19-10-23(15)3/h4-7,10,12,14H,8-9H2,1-3H3,(H,21,24)/t12-,14-/m1/s1. The fourth-order valence-electron chi connectivity index (χ4n) is 3.55. The van der Waals surface area contributed by atoms with Gasteiger partial charge in [-0.15, -0.1) is 0 Å². The second-order valence-electron chi connectivity index (χ2n) is 6.78. The second kappa shape index (κ2) is 6.00. The summed E-state index contributed by atoms with van der Waals surface area (Å²) in [5.41, 5.74) is 3.35. The monoisotopic (exact) mass is 339 g/mol. The fourth-order valence-corrected chi connectivity index (χ4v) is 3.55. The van der Waals surface area contributed by atoms with Gasteiger partial charge in [0.15, 0.2) is 11.3 Å². The van der Waals surface area contributed by atoms with Crippen molar-refractivity contribution >= 4 is 17.0 Å². The van der Waals surface area contributed by atoms with Crippen LogP contribution in [0.2, 0.25) is 0 Å². The molecule has 0 bridgehead atoms. The van der Waals surface area contributed by atoms with Gasteiger partial charge in [0, 0.05) is 49.7 Å². The van der Waals surface area contributed by atoms with Gasteiger partial charge in [0.05, 0.1) is 12.4 Å². The van der Waals surface area contributed by atoms with Gasteiger partial charge < -0.3 is 19.2 Å². The van der Waals surface area contributed by atoms with Crippen molar-refractivity contribution in [2.24, 2.45) is 7.05 Å². The molecule has 1 aliphatic heterocycles. The minimum atomic E-state index is -0.205. The second-order valence-corrected chi connectivity index (χ2v) is 6.78. The third-order valence-corrected chi connectivity index (χ3v) is 4.79. The molecule has 0 aromatic carbocycles. The Kier molecular flexibility index (Phi) is 3.80. The van der Waals surface area contributed by atoms with E-state index < -0.39 is 0 Å². The first kappa shape index (κ1) is 15.8. The number of hydrogen-bond donors (Lipinski definition) is 1. The maximum Gasteiger partial charge on any atom is 0.287 e. The number of rotatable bonds is 3. The maximum absolute atomic E-state index is 12.7. The Morgan fingerprint density at radius 1 is 1.32 bits per heavy atom. The average Bonchev–Trinajstić information content (AvgIpc) is 3.25. The summed E-state index contributed by atoms with van der Waals surface area (Å²) in [5.74, 6) is 0.292. The van der Waals surface area contributed by atoms with Crippen LogP contribution in [0.1, 0.15) is 27.9 Å². The summed E-state index contributed by atoms with van der Waals surface area (Å²) in [5, 5.41) is 3.12. The number of likely N-dealkylation sites (tertiary alicyclic amines) is 1. The minimum absolute atomic E-state index is 0.0100. The van der Waals surface area contributed by atoms with Crippen LogP contribution in [0.4, 0.5) is 0 Å². The van der Waals surface area contributed by atoms with Crippen LogP contribution in [0, 0.1) is 6.92 Å². The smallest absolute Gasteiger partial charge is 0.287 e. The number of nitrogens with one attached hydrogen (secondary N) is 1. The fraction of sp³-hybridized carbons (Fsp3) is 0.389. The molecule has 130 valence electrons. The summed E-state index contributed by atoms with van der Waals surface area (Å²) in [4.78, 5) is 23.5. The van der Waals surface area contributed by atoms with E-state index in [0.29, 0.717) is 16.9 Å². The van der Waals surface area contributed by atoms with E-state index >= 15 is 0 Å². The predicted molar refractivity (Wildman–Crippen MR) is 93.4 cm³/mol. The van der Waals surface area contributed by atoms with E-state index in [-0.39, 0.29) is 17.9 Å². The van der Waals surface area contributed by atoms with Crippen LogP contribution < -0.4 is 5.32 Å². The highest BCUT2D eigenvalue weighted by Crippen LogP contribution is 2.27. The number of furan rings is 1. The molecule has 0 spiro atoms. The summed E-state index contributed by atoms with van der Waals surface area (Å²) >= 11 is 0. The van der Waals surface area contributed by atoms with Gasteiger partial charge in [0.1, 0.15) is 5.52 Å². The maximum atomic E-state index is 12.7. The summed E-state index contributed by atoms with van der Waals surface area (Å²) in [6.07, 6.45) is 3.66. The highest BCUT2D eigenvalue weighted by molar-refractivity contribution is 5.95. The molecule has 0 saturated carbocycles. The lowest BCUT2D eigenvalue weighted by Gasteiger charge is -2.19. The van der Waals surface area contributed by atoms with Crippen LogP contribution in [-0.2, 0) is 7.05 Å². The van der Waals surface area contributed by atoms with Crippen LogP contribution in [0.15, 0.2) is 35.1 Å².